The average Bonchev–Trinajstić information content (AvgIpc) is 4.04. The van der Waals surface area contributed by atoms with E-state index in [9.17, 15) is 33.6 Å². The first-order valence-electron chi connectivity index (χ1n) is 25.7. The topological polar surface area (TPSA) is 291 Å². The molecule has 1 unspecified atom stereocenters. The molecule has 3 aromatic heterocycles. The lowest BCUT2D eigenvalue weighted by molar-refractivity contribution is -0.147. The largest absolute Gasteiger partial charge is 0.368 e. The van der Waals surface area contributed by atoms with Crippen molar-refractivity contribution < 1.29 is 33.6 Å². The molecule has 21 heteroatoms. The molecule has 9 N–H and O–H groups in total. The van der Waals surface area contributed by atoms with Crippen LogP contribution in [-0.4, -0.2) is 157 Å². The van der Waals surface area contributed by atoms with E-state index in [-0.39, 0.29) is 63.6 Å². The van der Waals surface area contributed by atoms with Crippen LogP contribution in [0.1, 0.15) is 96.7 Å². The van der Waals surface area contributed by atoms with E-state index < -0.39 is 54.1 Å². The van der Waals surface area contributed by atoms with Crippen LogP contribution in [0.4, 0.5) is 5.82 Å². The number of amides is 7. The van der Waals surface area contributed by atoms with Gasteiger partial charge < -0.3 is 57.0 Å². The molecule has 0 aliphatic rings. The Morgan fingerprint density at radius 3 is 2.04 bits per heavy atom. The van der Waals surface area contributed by atoms with Crippen LogP contribution in [0.15, 0.2) is 73.4 Å². The number of aromatic amines is 2. The summed E-state index contributed by atoms with van der Waals surface area (Å²) in [5.41, 5.74) is 15.8. The van der Waals surface area contributed by atoms with E-state index in [1.807, 2.05) is 88.5 Å². The molecule has 7 amide bonds. The number of H-pyrrole nitrogens is 2. The van der Waals surface area contributed by atoms with Crippen molar-refractivity contribution in [3.05, 3.63) is 84.6 Å². The van der Waals surface area contributed by atoms with Crippen LogP contribution >= 0.6 is 0 Å². The zero-order chi connectivity index (χ0) is 53.6. The van der Waals surface area contributed by atoms with Crippen LogP contribution in [0, 0.1) is 11.8 Å². The number of unbranched alkanes of at least 4 members (excludes halogenated alkanes) is 3. The van der Waals surface area contributed by atoms with Gasteiger partial charge in [-0.05, 0) is 74.5 Å². The summed E-state index contributed by atoms with van der Waals surface area (Å²) < 4.78 is 0. The van der Waals surface area contributed by atoms with Gasteiger partial charge in [0.05, 0.1) is 51.1 Å². The fourth-order valence-electron chi connectivity index (χ4n) is 8.61. The Hall–Kier alpha value is -7.42. The molecule has 0 fully saturated rings. The van der Waals surface area contributed by atoms with Crippen molar-refractivity contribution in [2.75, 3.05) is 70.8 Å². The number of carbonyl (C=O) groups is 7. The molecule has 21 nitrogen and oxygen atoms in total. The van der Waals surface area contributed by atoms with Crippen LogP contribution in [0.3, 0.4) is 0 Å². The summed E-state index contributed by atoms with van der Waals surface area (Å²) in [6.45, 7) is 9.24. The second-order valence-electron chi connectivity index (χ2n) is 19.6. The first-order chi connectivity index (χ1) is 35.5. The van der Waals surface area contributed by atoms with Crippen LogP contribution in [0.25, 0.3) is 22.1 Å². The number of carbonyl (C=O) groups excluding carboxylic acids is 7. The van der Waals surface area contributed by atoms with Crippen LogP contribution in [0.5, 0.6) is 0 Å². The summed E-state index contributed by atoms with van der Waals surface area (Å²) >= 11 is 0. The van der Waals surface area contributed by atoms with Gasteiger partial charge in [0.25, 0.3) is 0 Å². The number of nitrogens with zero attached hydrogens (tertiary/aromatic N) is 7. The number of nitrogens with two attached hydrogens (primary N) is 2. The van der Waals surface area contributed by atoms with Crippen molar-refractivity contribution >= 4 is 69.2 Å². The Morgan fingerprint density at radius 1 is 0.676 bits per heavy atom. The van der Waals surface area contributed by atoms with Crippen LogP contribution < -0.4 is 27.4 Å². The van der Waals surface area contributed by atoms with Gasteiger partial charge in [0, 0.05) is 56.2 Å². The Morgan fingerprint density at radius 2 is 1.34 bits per heavy atom. The molecule has 5 rings (SSSR count). The van der Waals surface area contributed by atoms with E-state index in [4.69, 9.17) is 11.5 Å². The monoisotopic (exact) mass is 1020 g/mol. The summed E-state index contributed by atoms with van der Waals surface area (Å²) in [6, 6.07) is 15.5. The average molecular weight is 1020 g/mol. The highest BCUT2D eigenvalue weighted by molar-refractivity contribution is 5.93. The number of hydrogen-bond donors (Lipinski definition) is 7. The molecule has 0 aliphatic carbocycles. The Balaban J connectivity index is 1.13. The standard InChI is InChI=1S/C53H76N14O7/c1-36(2)28-65(32-48(72)66(29-37(3)4)33-49(73)67(30-44(55)68)38(5)39-16-8-6-9-17-39)47(71)31-64(25-22-40-26-58-43-20-12-11-18-41(40)43)46(70)27-59-53(74)42(54)19-13-15-23-56-45(69)21-10-7-14-24-57-51-50-52(61-34-60-50)63-35-62-51/h6,8-9,11-12,16-18,20,26,34-38,42,58H,7,10,13-15,19,21-25,27-33,54H2,1-5H3,(H2,55,68)(H,56,69)(H,59,74)(H2,57,60,61,62,63)/t38-,42?/m0/s1. The fourth-order valence-corrected chi connectivity index (χ4v) is 8.61. The molecular formula is C53H76N14O7. The zero-order valence-electron chi connectivity index (χ0n) is 43.6. The molecule has 74 heavy (non-hydrogen) atoms. The van der Waals surface area contributed by atoms with Gasteiger partial charge in [-0.15, -0.1) is 0 Å². The normalized spacial score (nSPS) is 12.1. The molecule has 0 radical (unpaired) electrons. The third-order valence-electron chi connectivity index (χ3n) is 12.5. The predicted octanol–water partition coefficient (Wildman–Crippen LogP) is 3.65. The number of fused-ring (bicyclic) bond motifs is 2. The van der Waals surface area contributed by atoms with Crippen molar-refractivity contribution in [3.8, 4) is 0 Å². The molecule has 400 valence electrons. The van der Waals surface area contributed by atoms with Gasteiger partial charge in [0.1, 0.15) is 11.8 Å². The maximum atomic E-state index is 14.4. The molecule has 0 saturated heterocycles. The molecule has 0 aliphatic heterocycles. The minimum absolute atomic E-state index is 0.0423. The summed E-state index contributed by atoms with van der Waals surface area (Å²) in [4.78, 5) is 119. The number of aromatic nitrogens is 5. The Kier molecular flexibility index (Phi) is 22.8. The molecule has 2 aromatic carbocycles. The quantitative estimate of drug-likeness (QED) is 0.0304. The highest BCUT2D eigenvalue weighted by atomic mass is 16.2. The minimum atomic E-state index is -0.905. The maximum Gasteiger partial charge on any atom is 0.243 e. The number of imidazole rings is 1. The third kappa shape index (κ3) is 18.3. The highest BCUT2D eigenvalue weighted by Crippen LogP contribution is 2.22. The molecule has 0 saturated carbocycles. The molecule has 0 spiro atoms. The van der Waals surface area contributed by atoms with Gasteiger partial charge in [-0.25, -0.2) is 15.0 Å². The number of hydrogen-bond acceptors (Lipinski definition) is 12. The smallest absolute Gasteiger partial charge is 0.243 e. The van der Waals surface area contributed by atoms with Crippen molar-refractivity contribution in [1.29, 1.82) is 0 Å². The maximum absolute atomic E-state index is 14.4. The summed E-state index contributed by atoms with van der Waals surface area (Å²) in [5.74, 6) is -2.61. The molecule has 3 heterocycles. The first kappa shape index (κ1) is 57.5. The number of anilines is 1. The molecule has 0 bridgehead atoms. The summed E-state index contributed by atoms with van der Waals surface area (Å²) in [6.07, 6.45) is 9.67. The SMILES string of the molecule is CC(C)CN(CC(=O)N(CC(=O)N(CC(N)=O)[C@@H](C)c1ccccc1)CC(C)C)C(=O)CN(CCc1c[nH]c2ccccc12)C(=O)CNC(=O)C(N)CCCCNC(=O)CCCCCNc1ncnc2nc[nH]c12. The van der Waals surface area contributed by atoms with Gasteiger partial charge in [-0.1, -0.05) is 82.6 Å². The summed E-state index contributed by atoms with van der Waals surface area (Å²) in [7, 11) is 0. The van der Waals surface area contributed by atoms with E-state index in [1.54, 1.807) is 13.3 Å². The lowest BCUT2D eigenvalue weighted by atomic mass is 10.1. The van der Waals surface area contributed by atoms with Crippen molar-refractivity contribution in [2.24, 2.45) is 23.3 Å². The fraction of sp³-hybridized carbons (Fsp3) is 0.509. The van der Waals surface area contributed by atoms with Crippen molar-refractivity contribution in [1.82, 2.24) is 55.2 Å². The van der Waals surface area contributed by atoms with Gasteiger partial charge >= 0.3 is 0 Å². The van der Waals surface area contributed by atoms with Crippen LogP contribution in [0.2, 0.25) is 0 Å². The first-order valence-corrected chi connectivity index (χ1v) is 25.7. The van der Waals surface area contributed by atoms with E-state index in [0.717, 1.165) is 46.8 Å². The molecular weight excluding hydrogens is 945 g/mol. The highest BCUT2D eigenvalue weighted by Gasteiger charge is 2.30. The van der Waals surface area contributed by atoms with Crippen molar-refractivity contribution in [2.45, 2.75) is 98.1 Å². The van der Waals surface area contributed by atoms with E-state index in [2.05, 4.69) is 40.9 Å². The molecule has 2 atom stereocenters. The van der Waals surface area contributed by atoms with E-state index >= 15 is 0 Å². The minimum Gasteiger partial charge on any atom is -0.368 e. The van der Waals surface area contributed by atoms with E-state index in [0.29, 0.717) is 56.7 Å². The predicted molar refractivity (Wildman–Crippen MR) is 284 cm³/mol. The second kappa shape index (κ2) is 29.3. The van der Waals surface area contributed by atoms with Crippen LogP contribution in [-0.2, 0) is 40.0 Å². The van der Waals surface area contributed by atoms with Gasteiger partial charge in [-0.2, -0.15) is 0 Å². The number of para-hydroxylation sites is 1. The number of benzene rings is 2. The van der Waals surface area contributed by atoms with Crippen molar-refractivity contribution in [3.63, 3.8) is 0 Å². The zero-order valence-corrected chi connectivity index (χ0v) is 43.6. The van der Waals surface area contributed by atoms with Gasteiger partial charge in [0.2, 0.25) is 41.4 Å². The Labute approximate surface area is 433 Å². The number of primary amides is 1. The molecule has 5 aromatic rings. The lowest BCUT2D eigenvalue weighted by Gasteiger charge is -2.34. The second-order valence-corrected chi connectivity index (χ2v) is 19.6. The Bertz CT molecular complexity index is 2620. The number of nitrogens with one attached hydrogen (secondary N) is 5. The third-order valence-corrected chi connectivity index (χ3v) is 12.5. The van der Waals surface area contributed by atoms with E-state index in [1.165, 1.54) is 25.9 Å². The lowest BCUT2D eigenvalue weighted by Crippen LogP contribution is -2.52. The number of rotatable bonds is 32. The van der Waals surface area contributed by atoms with Gasteiger partial charge in [-0.3, -0.25) is 33.6 Å². The summed E-state index contributed by atoms with van der Waals surface area (Å²) in [5, 5.41) is 9.84. The van der Waals surface area contributed by atoms with Gasteiger partial charge in [0.15, 0.2) is 11.5 Å².